The minimum Gasteiger partial charge on any atom is -0.381 e. The van der Waals surface area contributed by atoms with E-state index in [0.29, 0.717) is 6.61 Å². The van der Waals surface area contributed by atoms with Gasteiger partial charge < -0.3 is 9.64 Å². The van der Waals surface area contributed by atoms with E-state index in [1.807, 2.05) is 0 Å². The van der Waals surface area contributed by atoms with E-state index < -0.39 is 0 Å². The van der Waals surface area contributed by atoms with Gasteiger partial charge in [0.1, 0.15) is 0 Å². The average Bonchev–Trinajstić information content (AvgIpc) is 3.25. The van der Waals surface area contributed by atoms with Gasteiger partial charge in [-0.2, -0.15) is 0 Å². The molecule has 2 atom stereocenters. The maximum Gasteiger partial charge on any atom is 0.228 e. The van der Waals surface area contributed by atoms with Crippen molar-refractivity contribution in [1.29, 1.82) is 0 Å². The van der Waals surface area contributed by atoms with Crippen molar-refractivity contribution in [3.63, 3.8) is 0 Å². The Kier molecular flexibility index (Phi) is 3.59. The van der Waals surface area contributed by atoms with Crippen LogP contribution < -0.4 is 0 Å². The molecule has 0 spiro atoms. The van der Waals surface area contributed by atoms with Crippen molar-refractivity contribution in [3.8, 4) is 0 Å². The SMILES string of the molecule is O=C([C@H]1CCOC1)N1CCC[C@H]1c1cccc2ccccc12. The zero-order chi connectivity index (χ0) is 14.9. The van der Waals surface area contributed by atoms with Crippen molar-refractivity contribution in [3.05, 3.63) is 48.0 Å². The van der Waals surface area contributed by atoms with Crippen LogP contribution in [0.5, 0.6) is 0 Å². The van der Waals surface area contributed by atoms with Crippen molar-refractivity contribution in [1.82, 2.24) is 4.90 Å². The molecule has 0 unspecified atom stereocenters. The van der Waals surface area contributed by atoms with Crippen LogP contribution in [0.15, 0.2) is 42.5 Å². The smallest absolute Gasteiger partial charge is 0.228 e. The molecule has 3 heteroatoms. The second kappa shape index (κ2) is 5.73. The largest absolute Gasteiger partial charge is 0.381 e. The average molecular weight is 295 g/mol. The van der Waals surface area contributed by atoms with Crippen LogP contribution >= 0.6 is 0 Å². The van der Waals surface area contributed by atoms with Crippen LogP contribution in [0.2, 0.25) is 0 Å². The van der Waals surface area contributed by atoms with E-state index in [-0.39, 0.29) is 17.9 Å². The number of amides is 1. The first kappa shape index (κ1) is 13.8. The summed E-state index contributed by atoms with van der Waals surface area (Å²) in [6.45, 7) is 2.20. The minimum absolute atomic E-state index is 0.0653. The Labute approximate surface area is 130 Å². The molecule has 2 heterocycles. The summed E-state index contributed by atoms with van der Waals surface area (Å²) in [7, 11) is 0. The molecular formula is C19H21NO2. The van der Waals surface area contributed by atoms with Crippen LogP contribution in [0, 0.1) is 5.92 Å². The lowest BCUT2D eigenvalue weighted by molar-refractivity contribution is -0.136. The van der Waals surface area contributed by atoms with Crippen LogP contribution in [-0.4, -0.2) is 30.6 Å². The Morgan fingerprint density at radius 1 is 1.09 bits per heavy atom. The maximum atomic E-state index is 12.8. The van der Waals surface area contributed by atoms with Gasteiger partial charge in [-0.05, 0) is 35.6 Å². The first-order valence-corrected chi connectivity index (χ1v) is 8.20. The van der Waals surface area contributed by atoms with Gasteiger partial charge in [-0.15, -0.1) is 0 Å². The molecule has 2 aromatic carbocycles. The Morgan fingerprint density at radius 2 is 1.95 bits per heavy atom. The van der Waals surface area contributed by atoms with Gasteiger partial charge in [0.15, 0.2) is 0 Å². The summed E-state index contributed by atoms with van der Waals surface area (Å²) in [6, 6.07) is 15.1. The number of carbonyl (C=O) groups excluding carboxylic acids is 1. The molecule has 0 N–H and O–H groups in total. The number of benzene rings is 2. The van der Waals surface area contributed by atoms with Crippen LogP contribution in [0.1, 0.15) is 30.9 Å². The van der Waals surface area contributed by atoms with Crippen LogP contribution in [0.4, 0.5) is 0 Å². The van der Waals surface area contributed by atoms with Gasteiger partial charge in [0.05, 0.1) is 18.6 Å². The highest BCUT2D eigenvalue weighted by Crippen LogP contribution is 2.37. The summed E-state index contributed by atoms with van der Waals surface area (Å²) in [5.41, 5.74) is 1.29. The van der Waals surface area contributed by atoms with Gasteiger partial charge in [-0.25, -0.2) is 0 Å². The van der Waals surface area contributed by atoms with E-state index in [2.05, 4.69) is 47.4 Å². The number of likely N-dealkylation sites (tertiary alicyclic amines) is 1. The Hall–Kier alpha value is -1.87. The normalized spacial score (nSPS) is 25.0. The fraction of sp³-hybridized carbons (Fsp3) is 0.421. The lowest BCUT2D eigenvalue weighted by Gasteiger charge is -2.28. The number of hydrogen-bond donors (Lipinski definition) is 0. The molecule has 0 radical (unpaired) electrons. The van der Waals surface area contributed by atoms with Gasteiger partial charge in [-0.3, -0.25) is 4.79 Å². The lowest BCUT2D eigenvalue weighted by Crippen LogP contribution is -2.36. The predicted octanol–water partition coefficient (Wildman–Crippen LogP) is 3.54. The zero-order valence-corrected chi connectivity index (χ0v) is 12.7. The quantitative estimate of drug-likeness (QED) is 0.848. The summed E-state index contributed by atoms with van der Waals surface area (Å²) >= 11 is 0. The number of hydrogen-bond acceptors (Lipinski definition) is 2. The van der Waals surface area contributed by atoms with Crippen molar-refractivity contribution >= 4 is 16.7 Å². The number of rotatable bonds is 2. The molecule has 0 bridgehead atoms. The highest BCUT2D eigenvalue weighted by molar-refractivity contribution is 5.87. The number of fused-ring (bicyclic) bond motifs is 1. The number of carbonyl (C=O) groups is 1. The molecule has 0 saturated carbocycles. The van der Waals surface area contributed by atoms with Gasteiger partial charge in [0, 0.05) is 13.2 Å². The minimum atomic E-state index is 0.0653. The third kappa shape index (κ3) is 2.30. The zero-order valence-electron chi connectivity index (χ0n) is 12.7. The van der Waals surface area contributed by atoms with Crippen LogP contribution in [-0.2, 0) is 9.53 Å². The summed E-state index contributed by atoms with van der Waals surface area (Å²) < 4.78 is 5.40. The Balaban J connectivity index is 1.69. The van der Waals surface area contributed by atoms with Crippen LogP contribution in [0.25, 0.3) is 10.8 Å². The molecule has 1 amide bonds. The third-order valence-corrected chi connectivity index (χ3v) is 5.00. The summed E-state index contributed by atoms with van der Waals surface area (Å²) in [5, 5.41) is 2.53. The summed E-state index contributed by atoms with van der Waals surface area (Å²) in [4.78, 5) is 14.9. The second-order valence-corrected chi connectivity index (χ2v) is 6.32. The molecule has 0 aliphatic carbocycles. The van der Waals surface area contributed by atoms with Crippen molar-refractivity contribution in [2.75, 3.05) is 19.8 Å². The summed E-state index contributed by atoms with van der Waals surface area (Å²) in [6.07, 6.45) is 3.03. The number of ether oxygens (including phenoxy) is 1. The van der Waals surface area contributed by atoms with E-state index in [4.69, 9.17) is 4.74 Å². The predicted molar refractivity (Wildman–Crippen MR) is 86.6 cm³/mol. The molecule has 2 aliphatic rings. The van der Waals surface area contributed by atoms with E-state index in [1.54, 1.807) is 0 Å². The Morgan fingerprint density at radius 3 is 2.82 bits per heavy atom. The molecule has 2 saturated heterocycles. The molecule has 2 aliphatic heterocycles. The lowest BCUT2D eigenvalue weighted by atomic mass is 9.96. The fourth-order valence-electron chi connectivity index (χ4n) is 3.86. The van der Waals surface area contributed by atoms with Gasteiger partial charge in [0.25, 0.3) is 0 Å². The molecule has 4 rings (SSSR count). The molecule has 3 nitrogen and oxygen atoms in total. The molecule has 2 fully saturated rings. The second-order valence-electron chi connectivity index (χ2n) is 6.32. The third-order valence-electron chi connectivity index (χ3n) is 5.00. The molecule has 114 valence electrons. The van der Waals surface area contributed by atoms with Gasteiger partial charge in [-0.1, -0.05) is 42.5 Å². The number of nitrogens with zero attached hydrogens (tertiary/aromatic N) is 1. The topological polar surface area (TPSA) is 29.5 Å². The maximum absolute atomic E-state index is 12.8. The molecule has 2 aromatic rings. The first-order chi connectivity index (χ1) is 10.8. The standard InChI is InChI=1S/C19H21NO2/c21-19(15-10-12-22-13-15)20-11-4-9-18(20)17-8-3-6-14-5-1-2-7-16(14)17/h1-3,5-8,15,18H,4,9-13H2/t15-,18-/m0/s1. The van der Waals surface area contributed by atoms with Gasteiger partial charge in [0.2, 0.25) is 5.91 Å². The highest BCUT2D eigenvalue weighted by Gasteiger charge is 2.35. The van der Waals surface area contributed by atoms with E-state index in [9.17, 15) is 4.79 Å². The van der Waals surface area contributed by atoms with E-state index in [1.165, 1.54) is 16.3 Å². The molecule has 0 aromatic heterocycles. The van der Waals surface area contributed by atoms with E-state index >= 15 is 0 Å². The first-order valence-electron chi connectivity index (χ1n) is 8.20. The van der Waals surface area contributed by atoms with Crippen molar-refractivity contribution < 1.29 is 9.53 Å². The molecular weight excluding hydrogens is 274 g/mol. The van der Waals surface area contributed by atoms with Crippen LogP contribution in [0.3, 0.4) is 0 Å². The van der Waals surface area contributed by atoms with Crippen molar-refractivity contribution in [2.24, 2.45) is 5.92 Å². The van der Waals surface area contributed by atoms with Crippen molar-refractivity contribution in [2.45, 2.75) is 25.3 Å². The highest BCUT2D eigenvalue weighted by atomic mass is 16.5. The van der Waals surface area contributed by atoms with Gasteiger partial charge >= 0.3 is 0 Å². The monoisotopic (exact) mass is 295 g/mol. The fourth-order valence-corrected chi connectivity index (χ4v) is 3.86. The summed E-state index contributed by atoms with van der Waals surface area (Å²) in [5.74, 6) is 0.350. The molecule has 22 heavy (non-hydrogen) atoms. The van der Waals surface area contributed by atoms with E-state index in [0.717, 1.165) is 32.4 Å². The Bertz CT molecular complexity index is 685.